The Balaban J connectivity index is 0.000000105. The lowest BCUT2D eigenvalue weighted by Gasteiger charge is -2.15. The molecular formula is C118H73N9. The molecule has 0 aliphatic carbocycles. The summed E-state index contributed by atoms with van der Waals surface area (Å²) in [7, 11) is 0. The van der Waals surface area contributed by atoms with Gasteiger partial charge in [0.1, 0.15) is 5.82 Å². The predicted octanol–water partition coefficient (Wildman–Crippen LogP) is 30.6. The average molecular weight is 1620 g/mol. The second kappa shape index (κ2) is 29.9. The number of para-hydroxylation sites is 3. The summed E-state index contributed by atoms with van der Waals surface area (Å²) in [5.41, 5.74) is 16.0. The van der Waals surface area contributed by atoms with E-state index in [0.717, 1.165) is 72.9 Å². The van der Waals surface area contributed by atoms with Crippen LogP contribution in [0.1, 0.15) is 0 Å². The van der Waals surface area contributed by atoms with Crippen LogP contribution >= 0.6 is 0 Å². The first-order valence-corrected chi connectivity index (χ1v) is 43.1. The van der Waals surface area contributed by atoms with Crippen LogP contribution in [0.3, 0.4) is 0 Å². The molecule has 7 aromatic heterocycles. The molecule has 9 nitrogen and oxygen atoms in total. The maximum atomic E-state index is 5.08. The fraction of sp³-hybridized carbons (Fsp3) is 0. The van der Waals surface area contributed by atoms with Crippen molar-refractivity contribution < 1.29 is 0 Å². The second-order valence-electron chi connectivity index (χ2n) is 32.7. The number of pyridine rings is 3. The molecule has 0 saturated carbocycles. The number of rotatable bonds is 8. The van der Waals surface area contributed by atoms with Crippen LogP contribution in [0.15, 0.2) is 443 Å². The fourth-order valence-electron chi connectivity index (χ4n) is 20.0. The quantitative estimate of drug-likeness (QED) is 0.141. The van der Waals surface area contributed by atoms with Crippen molar-refractivity contribution in [1.29, 1.82) is 0 Å². The highest BCUT2D eigenvalue weighted by molar-refractivity contribution is 6.32. The minimum absolute atomic E-state index is 0.637. The number of hydrogen-bond donors (Lipinski definition) is 0. The number of nitrogens with zero attached hydrogens (tertiary/aromatic N) is 9. The highest BCUT2D eigenvalue weighted by Gasteiger charge is 2.24. The van der Waals surface area contributed by atoms with E-state index in [2.05, 4.69) is 363 Å². The van der Waals surface area contributed by atoms with Gasteiger partial charge in [0.2, 0.25) is 0 Å². The van der Waals surface area contributed by atoms with Crippen LogP contribution in [0.4, 0.5) is 0 Å². The van der Waals surface area contributed by atoms with Gasteiger partial charge in [-0.25, -0.2) is 19.9 Å². The SMILES string of the molecule is c1ccc(-c2cccc(-n3c4ccccc4c4cc5c6ccccc6c6ccccc6c5cc43)n2)nc1.c1ccc(-c2cccc3c(-n4c5ccccc5c5cc6c7ccccc7c7ccccc7c6cc54)cccc23)nc1.c1ccc(-c2nc(-c3ccccc3)nc(-c3cccc(-n4c5ccccc5c5cc6c7ccccc7c7ccccc7c6cc54)c3)n2)cc1. The van der Waals surface area contributed by atoms with E-state index in [1.54, 1.807) is 0 Å². The summed E-state index contributed by atoms with van der Waals surface area (Å²) in [6.45, 7) is 0. The topological polar surface area (TPSA) is 92.1 Å². The summed E-state index contributed by atoms with van der Waals surface area (Å²) in [5, 5.41) is 32.9. The summed E-state index contributed by atoms with van der Waals surface area (Å²) in [6, 6.07) is 153. The highest BCUT2D eigenvalue weighted by Crippen LogP contribution is 2.47. The van der Waals surface area contributed by atoms with Crippen LogP contribution in [0.2, 0.25) is 0 Å². The molecule has 0 bridgehead atoms. The van der Waals surface area contributed by atoms with Crippen LogP contribution in [0.25, 0.3) is 247 Å². The molecule has 0 unspecified atom stereocenters. The number of aromatic nitrogens is 9. The average Bonchev–Trinajstić information content (AvgIpc) is 1.58. The van der Waals surface area contributed by atoms with Crippen LogP contribution in [-0.2, 0) is 0 Å². The highest BCUT2D eigenvalue weighted by atomic mass is 15.1. The Morgan fingerprint density at radius 1 is 0.157 bits per heavy atom. The zero-order valence-electron chi connectivity index (χ0n) is 68.7. The van der Waals surface area contributed by atoms with E-state index >= 15 is 0 Å². The maximum absolute atomic E-state index is 5.08. The molecule has 20 aromatic carbocycles. The largest absolute Gasteiger partial charge is 0.309 e. The Morgan fingerprint density at radius 2 is 0.472 bits per heavy atom. The fourth-order valence-corrected chi connectivity index (χ4v) is 20.0. The van der Waals surface area contributed by atoms with Gasteiger partial charge in [0.15, 0.2) is 17.5 Å². The zero-order valence-corrected chi connectivity index (χ0v) is 68.7. The molecule has 0 saturated heterocycles. The van der Waals surface area contributed by atoms with Gasteiger partial charge >= 0.3 is 0 Å². The molecule has 27 aromatic rings. The van der Waals surface area contributed by atoms with E-state index < -0.39 is 0 Å². The Hall–Kier alpha value is -17.1. The standard InChI is InChI=1S/C45H28N4.C39H24N2.C34H21N3/c1-3-14-29(15-4-1)43-46-44(30-16-5-2-6-17-30)48-45(47-43)31-18-13-19-32(26-31)49-41-25-12-11-24-37(41)40-27-38-35-22-9-7-20-33(35)34-21-8-10-23-36(34)39(38)28-42(40)49;1-3-13-27-25(11-1)26-12-2-4-14-28(26)34-24-39-35(23-33(27)34)32-15-5-6-20-37(32)41(39)38-21-10-16-29-30(17-9-18-31(29)38)36-19-7-8-22-40-36;1-3-12-24-22(10-1)23-11-2-4-13-25(23)28-21-33-29(20-27(24)28)26-14-5-6-17-32(26)37(33)34-18-9-16-31(36-34)30-15-7-8-19-35-30/h1-28H;1-24H;1-21H. The summed E-state index contributed by atoms with van der Waals surface area (Å²) in [6.07, 6.45) is 3.68. The van der Waals surface area contributed by atoms with Crippen LogP contribution < -0.4 is 0 Å². The normalized spacial score (nSPS) is 11.8. The first-order chi connectivity index (χ1) is 63.0. The van der Waals surface area contributed by atoms with Crippen molar-refractivity contribution in [3.8, 4) is 74.0 Å². The minimum atomic E-state index is 0.637. The first kappa shape index (κ1) is 72.7. The van der Waals surface area contributed by atoms with Gasteiger partial charge < -0.3 is 9.13 Å². The van der Waals surface area contributed by atoms with E-state index in [-0.39, 0.29) is 0 Å². The Labute approximate surface area is 728 Å². The van der Waals surface area contributed by atoms with Crippen molar-refractivity contribution in [3.63, 3.8) is 0 Å². The Bertz CT molecular complexity index is 9100. The Kier molecular flexibility index (Phi) is 17.1. The molecule has 27 rings (SSSR count). The number of fused-ring (bicyclic) bond motifs is 28. The molecule has 7 heterocycles. The molecule has 9 heteroatoms. The van der Waals surface area contributed by atoms with Gasteiger partial charge in [0, 0.05) is 78.0 Å². The van der Waals surface area contributed by atoms with E-state index in [1.165, 1.54) is 157 Å². The third-order valence-corrected chi connectivity index (χ3v) is 25.6. The van der Waals surface area contributed by atoms with E-state index in [4.69, 9.17) is 19.9 Å². The summed E-state index contributed by atoms with van der Waals surface area (Å²) < 4.78 is 7.13. The number of hydrogen-bond acceptors (Lipinski definition) is 6. The van der Waals surface area contributed by atoms with Crippen LogP contribution in [-0.4, -0.2) is 43.6 Å². The van der Waals surface area contributed by atoms with Crippen molar-refractivity contribution in [2.45, 2.75) is 0 Å². The van der Waals surface area contributed by atoms with Gasteiger partial charge in [-0.2, -0.15) is 0 Å². The van der Waals surface area contributed by atoms with Crippen LogP contribution in [0.5, 0.6) is 0 Å². The molecule has 127 heavy (non-hydrogen) atoms. The van der Waals surface area contributed by atoms with Crippen molar-refractivity contribution in [2.24, 2.45) is 0 Å². The van der Waals surface area contributed by atoms with Crippen molar-refractivity contribution in [3.05, 3.63) is 443 Å². The third kappa shape index (κ3) is 12.0. The van der Waals surface area contributed by atoms with E-state index in [1.807, 2.05) is 103 Å². The summed E-state index contributed by atoms with van der Waals surface area (Å²) >= 11 is 0. The van der Waals surface area contributed by atoms with Crippen molar-refractivity contribution in [2.75, 3.05) is 0 Å². The second-order valence-corrected chi connectivity index (χ2v) is 32.7. The van der Waals surface area contributed by atoms with Crippen LogP contribution in [0, 0.1) is 0 Å². The molecule has 0 aliphatic heterocycles. The summed E-state index contributed by atoms with van der Waals surface area (Å²) in [4.78, 5) is 29.2. The molecule has 590 valence electrons. The zero-order chi connectivity index (χ0) is 83.6. The maximum Gasteiger partial charge on any atom is 0.164 e. The Morgan fingerprint density at radius 3 is 0.921 bits per heavy atom. The van der Waals surface area contributed by atoms with E-state index in [0.29, 0.717) is 17.5 Å². The predicted molar refractivity (Wildman–Crippen MR) is 531 cm³/mol. The van der Waals surface area contributed by atoms with Crippen molar-refractivity contribution in [1.82, 2.24) is 43.6 Å². The van der Waals surface area contributed by atoms with E-state index in [9.17, 15) is 0 Å². The van der Waals surface area contributed by atoms with Gasteiger partial charge in [-0.15, -0.1) is 0 Å². The molecule has 0 N–H and O–H groups in total. The molecule has 0 atom stereocenters. The van der Waals surface area contributed by atoms with Gasteiger partial charge in [0.05, 0.1) is 55.9 Å². The summed E-state index contributed by atoms with van der Waals surface area (Å²) in [5.74, 6) is 2.83. The molecule has 0 amide bonds. The molecule has 0 radical (unpaired) electrons. The smallest absolute Gasteiger partial charge is 0.164 e. The minimum Gasteiger partial charge on any atom is -0.309 e. The lowest BCUT2D eigenvalue weighted by atomic mass is 9.93. The third-order valence-electron chi connectivity index (χ3n) is 25.6. The molecule has 0 fully saturated rings. The lowest BCUT2D eigenvalue weighted by molar-refractivity contribution is 1.07. The molecule has 0 aliphatic rings. The van der Waals surface area contributed by atoms with Gasteiger partial charge in [-0.3, -0.25) is 14.5 Å². The van der Waals surface area contributed by atoms with Gasteiger partial charge in [-0.05, 0) is 212 Å². The van der Waals surface area contributed by atoms with Gasteiger partial charge in [0.25, 0.3) is 0 Å². The monoisotopic (exact) mass is 1620 g/mol. The van der Waals surface area contributed by atoms with Crippen molar-refractivity contribution >= 4 is 173 Å². The molecular weight excluding hydrogens is 1540 g/mol. The first-order valence-electron chi connectivity index (χ1n) is 43.1. The number of benzene rings is 20. The lowest BCUT2D eigenvalue weighted by Crippen LogP contribution is -2.01. The van der Waals surface area contributed by atoms with Gasteiger partial charge in [-0.1, -0.05) is 322 Å². The molecule has 0 spiro atoms.